The van der Waals surface area contributed by atoms with Crippen LogP contribution in [0.3, 0.4) is 0 Å². The van der Waals surface area contributed by atoms with Gasteiger partial charge in [0.1, 0.15) is 5.76 Å². The standard InChI is InChI=1S/C22H26N4O3S.HI/c1-17(19-6-3-2-4-7-19)26-22(24-14-13-20-8-5-15-29-20)25-16-18-9-11-21(12-10-18)30(23,27)28;/h2-12,15,17H,13-14,16H2,1H3,(H2,23,27,28)(H2,24,25,26);1H. The van der Waals surface area contributed by atoms with Gasteiger partial charge in [0.2, 0.25) is 10.0 Å². The summed E-state index contributed by atoms with van der Waals surface area (Å²) in [7, 11) is -3.70. The molecule has 1 heterocycles. The number of guanidine groups is 1. The summed E-state index contributed by atoms with van der Waals surface area (Å²) in [5, 5.41) is 11.9. The number of halogens is 1. The molecule has 2 aromatic carbocycles. The van der Waals surface area contributed by atoms with Gasteiger partial charge in [-0.25, -0.2) is 18.5 Å². The summed E-state index contributed by atoms with van der Waals surface area (Å²) in [5.74, 6) is 1.56. The van der Waals surface area contributed by atoms with Crippen molar-refractivity contribution in [3.63, 3.8) is 0 Å². The van der Waals surface area contributed by atoms with E-state index in [0.717, 1.165) is 23.3 Å². The van der Waals surface area contributed by atoms with E-state index in [9.17, 15) is 8.42 Å². The zero-order chi connectivity index (χ0) is 21.4. The fraction of sp³-hybridized carbons (Fsp3) is 0.227. The van der Waals surface area contributed by atoms with Crippen molar-refractivity contribution in [2.45, 2.75) is 30.8 Å². The molecule has 0 bridgehead atoms. The quantitative estimate of drug-likeness (QED) is 0.224. The Balaban J connectivity index is 0.00000341. The van der Waals surface area contributed by atoms with Crippen LogP contribution in [0, 0.1) is 0 Å². The second-order valence-corrected chi connectivity index (χ2v) is 8.45. The predicted octanol–water partition coefficient (Wildman–Crippen LogP) is 3.58. The molecule has 7 nitrogen and oxygen atoms in total. The fourth-order valence-corrected chi connectivity index (χ4v) is 3.41. The SMILES string of the molecule is CC(NC(=NCc1ccc(S(N)(=O)=O)cc1)NCCc1ccco1)c1ccccc1.I. The molecule has 4 N–H and O–H groups in total. The molecular weight excluding hydrogens is 527 g/mol. The largest absolute Gasteiger partial charge is 0.469 e. The molecular formula is C22H27IN4O3S. The van der Waals surface area contributed by atoms with Crippen molar-refractivity contribution in [1.82, 2.24) is 10.6 Å². The van der Waals surface area contributed by atoms with Gasteiger partial charge in [-0.05, 0) is 42.3 Å². The number of nitrogens with zero attached hydrogens (tertiary/aromatic N) is 1. The van der Waals surface area contributed by atoms with E-state index < -0.39 is 10.0 Å². The van der Waals surface area contributed by atoms with E-state index in [2.05, 4.69) is 34.7 Å². The van der Waals surface area contributed by atoms with Crippen molar-refractivity contribution in [2.75, 3.05) is 6.54 Å². The average molecular weight is 554 g/mol. The molecule has 0 saturated heterocycles. The van der Waals surface area contributed by atoms with Crippen LogP contribution in [0.1, 0.15) is 29.9 Å². The topological polar surface area (TPSA) is 110 Å². The van der Waals surface area contributed by atoms with Gasteiger partial charge in [-0.15, -0.1) is 24.0 Å². The summed E-state index contributed by atoms with van der Waals surface area (Å²) in [6, 6.07) is 20.4. The number of sulfonamides is 1. The van der Waals surface area contributed by atoms with Crippen LogP contribution in [0.5, 0.6) is 0 Å². The van der Waals surface area contributed by atoms with Gasteiger partial charge in [-0.1, -0.05) is 42.5 Å². The molecule has 0 saturated carbocycles. The predicted molar refractivity (Wildman–Crippen MR) is 133 cm³/mol. The normalized spacial score (nSPS) is 12.6. The third-order valence-electron chi connectivity index (χ3n) is 4.57. The number of benzene rings is 2. The number of hydrogen-bond donors (Lipinski definition) is 3. The van der Waals surface area contributed by atoms with Crippen LogP contribution in [-0.2, 0) is 23.0 Å². The second kappa shape index (κ2) is 11.9. The summed E-state index contributed by atoms with van der Waals surface area (Å²) in [4.78, 5) is 4.74. The smallest absolute Gasteiger partial charge is 0.238 e. The van der Waals surface area contributed by atoms with Crippen molar-refractivity contribution in [1.29, 1.82) is 0 Å². The van der Waals surface area contributed by atoms with Gasteiger partial charge in [-0.3, -0.25) is 0 Å². The van der Waals surface area contributed by atoms with Crippen molar-refractivity contribution in [3.05, 3.63) is 89.9 Å². The first-order valence-electron chi connectivity index (χ1n) is 9.66. The Morgan fingerprint density at radius 2 is 1.77 bits per heavy atom. The Morgan fingerprint density at radius 1 is 1.06 bits per heavy atom. The first kappa shape index (κ1) is 24.9. The zero-order valence-electron chi connectivity index (χ0n) is 17.2. The number of nitrogens with two attached hydrogens (primary N) is 1. The van der Waals surface area contributed by atoms with E-state index >= 15 is 0 Å². The number of nitrogens with one attached hydrogen (secondary N) is 2. The maximum Gasteiger partial charge on any atom is 0.238 e. The first-order valence-corrected chi connectivity index (χ1v) is 11.2. The molecule has 1 unspecified atom stereocenters. The minimum Gasteiger partial charge on any atom is -0.469 e. The van der Waals surface area contributed by atoms with Gasteiger partial charge < -0.3 is 15.1 Å². The highest BCUT2D eigenvalue weighted by Gasteiger charge is 2.09. The Labute approximate surface area is 200 Å². The molecule has 0 amide bonds. The lowest BCUT2D eigenvalue weighted by atomic mass is 10.1. The summed E-state index contributed by atoms with van der Waals surface area (Å²) in [6.07, 6.45) is 2.39. The molecule has 0 radical (unpaired) electrons. The van der Waals surface area contributed by atoms with Crippen molar-refractivity contribution >= 4 is 40.0 Å². The van der Waals surface area contributed by atoms with E-state index in [1.807, 2.05) is 30.3 Å². The molecule has 166 valence electrons. The van der Waals surface area contributed by atoms with Crippen LogP contribution in [0.2, 0.25) is 0 Å². The van der Waals surface area contributed by atoms with E-state index in [0.29, 0.717) is 19.0 Å². The van der Waals surface area contributed by atoms with E-state index in [1.54, 1.807) is 18.4 Å². The number of rotatable bonds is 8. The van der Waals surface area contributed by atoms with Crippen LogP contribution in [0.4, 0.5) is 0 Å². The lowest BCUT2D eigenvalue weighted by molar-refractivity contribution is 0.506. The molecule has 0 aliphatic heterocycles. The number of furan rings is 1. The summed E-state index contributed by atoms with van der Waals surface area (Å²) < 4.78 is 28.2. The van der Waals surface area contributed by atoms with Crippen molar-refractivity contribution in [3.8, 4) is 0 Å². The Hall–Kier alpha value is -2.37. The number of hydrogen-bond acceptors (Lipinski definition) is 4. The summed E-state index contributed by atoms with van der Waals surface area (Å²) in [5.41, 5.74) is 2.03. The van der Waals surface area contributed by atoms with Crippen LogP contribution in [0.15, 0.2) is 87.3 Å². The maximum atomic E-state index is 11.4. The number of primary sulfonamides is 1. The summed E-state index contributed by atoms with van der Waals surface area (Å²) in [6.45, 7) is 3.12. The van der Waals surface area contributed by atoms with Gasteiger partial charge in [0, 0.05) is 13.0 Å². The average Bonchev–Trinajstić information content (AvgIpc) is 3.25. The van der Waals surface area contributed by atoms with E-state index in [-0.39, 0.29) is 34.9 Å². The van der Waals surface area contributed by atoms with Gasteiger partial charge in [0.25, 0.3) is 0 Å². The first-order chi connectivity index (χ1) is 14.4. The highest BCUT2D eigenvalue weighted by molar-refractivity contribution is 14.0. The highest BCUT2D eigenvalue weighted by atomic mass is 127. The molecule has 0 aliphatic carbocycles. The molecule has 0 fully saturated rings. The maximum absolute atomic E-state index is 11.4. The van der Waals surface area contributed by atoms with Gasteiger partial charge >= 0.3 is 0 Å². The van der Waals surface area contributed by atoms with Gasteiger partial charge in [-0.2, -0.15) is 0 Å². The molecule has 1 atom stereocenters. The zero-order valence-corrected chi connectivity index (χ0v) is 20.3. The van der Waals surface area contributed by atoms with Crippen LogP contribution < -0.4 is 15.8 Å². The Kier molecular flexibility index (Phi) is 9.53. The molecule has 0 aliphatic rings. The fourth-order valence-electron chi connectivity index (χ4n) is 2.90. The van der Waals surface area contributed by atoms with Crippen molar-refractivity contribution in [2.24, 2.45) is 10.1 Å². The van der Waals surface area contributed by atoms with Crippen LogP contribution in [0.25, 0.3) is 0 Å². The third-order valence-corrected chi connectivity index (χ3v) is 5.50. The van der Waals surface area contributed by atoms with Gasteiger partial charge in [0.05, 0.1) is 23.7 Å². The van der Waals surface area contributed by atoms with Crippen LogP contribution in [-0.4, -0.2) is 20.9 Å². The van der Waals surface area contributed by atoms with Gasteiger partial charge in [0.15, 0.2) is 5.96 Å². The second-order valence-electron chi connectivity index (χ2n) is 6.89. The van der Waals surface area contributed by atoms with Crippen LogP contribution >= 0.6 is 24.0 Å². The molecule has 3 aromatic rings. The lowest BCUT2D eigenvalue weighted by Gasteiger charge is -2.18. The summed E-state index contributed by atoms with van der Waals surface area (Å²) >= 11 is 0. The molecule has 9 heteroatoms. The van der Waals surface area contributed by atoms with E-state index in [1.165, 1.54) is 12.1 Å². The lowest BCUT2D eigenvalue weighted by Crippen LogP contribution is -2.39. The van der Waals surface area contributed by atoms with Crippen molar-refractivity contribution < 1.29 is 12.8 Å². The number of aliphatic imine (C=N–C) groups is 1. The molecule has 3 rings (SSSR count). The Bertz CT molecular complexity index is 1050. The highest BCUT2D eigenvalue weighted by Crippen LogP contribution is 2.12. The minimum atomic E-state index is -3.70. The third kappa shape index (κ3) is 8.00. The molecule has 31 heavy (non-hydrogen) atoms. The van der Waals surface area contributed by atoms with E-state index in [4.69, 9.17) is 9.56 Å². The molecule has 1 aromatic heterocycles. The molecule has 0 spiro atoms. The monoisotopic (exact) mass is 554 g/mol. The Morgan fingerprint density at radius 3 is 2.39 bits per heavy atom. The minimum absolute atomic E-state index is 0.